The number of hydrogen-bond acceptors (Lipinski definition) is 5. The van der Waals surface area contributed by atoms with Gasteiger partial charge >= 0.3 is 0 Å². The molecule has 0 aliphatic carbocycles. The smallest absolute Gasteiger partial charge is 0.225 e. The minimum Gasteiger partial charge on any atom is -0.492 e. The lowest BCUT2D eigenvalue weighted by Crippen LogP contribution is -2.59. The molecule has 3 rings (SSSR count). The fraction of sp³-hybridized carbons (Fsp3) is 0.588. The number of carbonyl (C=O) groups is 2. The van der Waals surface area contributed by atoms with Gasteiger partial charge in [-0.3, -0.25) is 19.5 Å². The van der Waals surface area contributed by atoms with Crippen molar-refractivity contribution in [3.63, 3.8) is 0 Å². The molecule has 130 valence electrons. The van der Waals surface area contributed by atoms with Gasteiger partial charge in [-0.25, -0.2) is 0 Å². The van der Waals surface area contributed by atoms with Gasteiger partial charge in [0.25, 0.3) is 0 Å². The highest BCUT2D eigenvalue weighted by molar-refractivity contribution is 5.89. The summed E-state index contributed by atoms with van der Waals surface area (Å²) < 4.78 is 5.47. The summed E-state index contributed by atoms with van der Waals surface area (Å²) in [5.74, 6) is 0.632. The Morgan fingerprint density at radius 3 is 2.88 bits per heavy atom. The molecule has 2 amide bonds. The first kappa shape index (κ1) is 16.7. The molecule has 0 radical (unpaired) electrons. The monoisotopic (exact) mass is 332 g/mol. The molecule has 2 aliphatic rings. The molecule has 1 unspecified atom stereocenters. The van der Waals surface area contributed by atoms with Crippen molar-refractivity contribution in [1.82, 2.24) is 20.1 Å². The quantitative estimate of drug-likeness (QED) is 0.809. The topological polar surface area (TPSA) is 74.8 Å². The zero-order valence-electron chi connectivity index (χ0n) is 14.2. The highest BCUT2D eigenvalue weighted by atomic mass is 16.5. The fourth-order valence-corrected chi connectivity index (χ4v) is 3.39. The molecule has 0 bridgehead atoms. The second-order valence-electron chi connectivity index (χ2n) is 6.37. The van der Waals surface area contributed by atoms with Gasteiger partial charge in [-0.2, -0.15) is 0 Å². The zero-order valence-corrected chi connectivity index (χ0v) is 14.2. The van der Waals surface area contributed by atoms with Crippen molar-refractivity contribution in [3.05, 3.63) is 24.0 Å². The van der Waals surface area contributed by atoms with E-state index in [9.17, 15) is 9.59 Å². The molecule has 0 aromatic carbocycles. The molecule has 2 fully saturated rings. The maximum atomic E-state index is 12.1. The van der Waals surface area contributed by atoms with Crippen LogP contribution in [0.15, 0.2) is 18.5 Å². The lowest BCUT2D eigenvalue weighted by atomic mass is 10.1. The largest absolute Gasteiger partial charge is 0.492 e. The highest BCUT2D eigenvalue weighted by Crippen LogP contribution is 2.26. The number of aromatic nitrogens is 1. The molecule has 3 heterocycles. The fourth-order valence-electron chi connectivity index (χ4n) is 3.39. The third kappa shape index (κ3) is 3.51. The van der Waals surface area contributed by atoms with E-state index in [2.05, 4.69) is 15.2 Å². The molecular weight excluding hydrogens is 308 g/mol. The number of hydrogen-bond donors (Lipinski definition) is 1. The summed E-state index contributed by atoms with van der Waals surface area (Å²) in [6.45, 7) is 5.59. The Kier molecular flexibility index (Phi) is 4.99. The van der Waals surface area contributed by atoms with E-state index in [4.69, 9.17) is 4.74 Å². The molecule has 1 aromatic rings. The predicted octanol–water partition coefficient (Wildman–Crippen LogP) is 0.259. The van der Waals surface area contributed by atoms with Crippen LogP contribution in [0.4, 0.5) is 0 Å². The average Bonchev–Trinajstić information content (AvgIpc) is 2.92. The van der Waals surface area contributed by atoms with Gasteiger partial charge in [0.05, 0.1) is 24.8 Å². The van der Waals surface area contributed by atoms with Gasteiger partial charge < -0.3 is 15.0 Å². The maximum absolute atomic E-state index is 12.1. The molecule has 1 N–H and O–H groups in total. The summed E-state index contributed by atoms with van der Waals surface area (Å²) in [6.07, 6.45) is 3.89. The zero-order chi connectivity index (χ0) is 17.1. The van der Waals surface area contributed by atoms with Crippen molar-refractivity contribution in [2.45, 2.75) is 25.9 Å². The molecule has 24 heavy (non-hydrogen) atoms. The third-order valence-corrected chi connectivity index (χ3v) is 4.64. The summed E-state index contributed by atoms with van der Waals surface area (Å²) in [7, 11) is 1.62. The Morgan fingerprint density at radius 1 is 1.38 bits per heavy atom. The standard InChI is InChI=1S/C17H24N4O3/c1-3-24-15-4-12(6-19-7-15)8-20-10-14(11-20)21-9-13(5-16(21)22)17(23)18-2/h4,6-7,13-14H,3,5,8-11H2,1-2H3,(H,18,23). The first-order valence-electron chi connectivity index (χ1n) is 8.40. The van der Waals surface area contributed by atoms with Crippen LogP contribution >= 0.6 is 0 Å². The number of amides is 2. The van der Waals surface area contributed by atoms with Crippen LogP contribution in [0, 0.1) is 5.92 Å². The van der Waals surface area contributed by atoms with Crippen LogP contribution in [-0.2, 0) is 16.1 Å². The molecule has 2 aliphatic heterocycles. The van der Waals surface area contributed by atoms with Gasteiger partial charge in [0, 0.05) is 45.8 Å². The first-order valence-corrected chi connectivity index (χ1v) is 8.40. The number of carbonyl (C=O) groups excluding carboxylic acids is 2. The summed E-state index contributed by atoms with van der Waals surface area (Å²) in [5, 5.41) is 2.63. The molecule has 7 heteroatoms. The van der Waals surface area contributed by atoms with E-state index in [1.165, 1.54) is 0 Å². The van der Waals surface area contributed by atoms with E-state index in [-0.39, 0.29) is 23.8 Å². The van der Waals surface area contributed by atoms with Crippen LogP contribution in [0.1, 0.15) is 18.9 Å². The lowest BCUT2D eigenvalue weighted by molar-refractivity contribution is -0.133. The minimum atomic E-state index is -0.205. The van der Waals surface area contributed by atoms with Gasteiger partial charge in [-0.05, 0) is 18.6 Å². The Bertz CT molecular complexity index is 616. The molecule has 1 aromatic heterocycles. The van der Waals surface area contributed by atoms with Crippen molar-refractivity contribution < 1.29 is 14.3 Å². The molecular formula is C17H24N4O3. The van der Waals surface area contributed by atoms with Crippen LogP contribution < -0.4 is 10.1 Å². The van der Waals surface area contributed by atoms with Crippen molar-refractivity contribution in [2.24, 2.45) is 5.92 Å². The van der Waals surface area contributed by atoms with Gasteiger partial charge in [-0.1, -0.05) is 0 Å². The minimum absolute atomic E-state index is 0.0409. The summed E-state index contributed by atoms with van der Waals surface area (Å²) in [4.78, 5) is 32.2. The summed E-state index contributed by atoms with van der Waals surface area (Å²) in [6, 6.07) is 2.22. The van der Waals surface area contributed by atoms with E-state index in [0.717, 1.165) is 30.9 Å². The van der Waals surface area contributed by atoms with Crippen LogP contribution in [0.2, 0.25) is 0 Å². The number of pyridine rings is 1. The number of nitrogens with zero attached hydrogens (tertiary/aromatic N) is 3. The number of likely N-dealkylation sites (tertiary alicyclic amines) is 2. The molecule has 1 atom stereocenters. The normalized spacial score (nSPS) is 21.7. The van der Waals surface area contributed by atoms with Crippen LogP contribution in [-0.4, -0.2) is 65.9 Å². The second-order valence-corrected chi connectivity index (χ2v) is 6.37. The molecule has 7 nitrogen and oxygen atoms in total. The second kappa shape index (κ2) is 7.17. The van der Waals surface area contributed by atoms with Crippen LogP contribution in [0.25, 0.3) is 0 Å². The Balaban J connectivity index is 1.50. The lowest BCUT2D eigenvalue weighted by Gasteiger charge is -2.44. The van der Waals surface area contributed by atoms with E-state index >= 15 is 0 Å². The molecule has 2 saturated heterocycles. The summed E-state index contributed by atoms with van der Waals surface area (Å²) in [5.41, 5.74) is 1.11. The Hall–Kier alpha value is -2.15. The Labute approximate surface area is 142 Å². The van der Waals surface area contributed by atoms with E-state index in [1.54, 1.807) is 13.2 Å². The number of nitrogens with one attached hydrogen (secondary N) is 1. The van der Waals surface area contributed by atoms with Crippen LogP contribution in [0.5, 0.6) is 5.75 Å². The average molecular weight is 332 g/mol. The van der Waals surface area contributed by atoms with Crippen molar-refractivity contribution >= 4 is 11.8 Å². The first-order chi connectivity index (χ1) is 11.6. The van der Waals surface area contributed by atoms with E-state index in [0.29, 0.717) is 19.6 Å². The number of rotatable bonds is 6. The third-order valence-electron chi connectivity index (χ3n) is 4.64. The van der Waals surface area contributed by atoms with Gasteiger partial charge in [-0.15, -0.1) is 0 Å². The van der Waals surface area contributed by atoms with Crippen molar-refractivity contribution in [1.29, 1.82) is 0 Å². The van der Waals surface area contributed by atoms with E-state index in [1.807, 2.05) is 24.1 Å². The summed E-state index contributed by atoms with van der Waals surface area (Å²) >= 11 is 0. The maximum Gasteiger partial charge on any atom is 0.225 e. The van der Waals surface area contributed by atoms with Crippen molar-refractivity contribution in [2.75, 3.05) is 33.3 Å². The van der Waals surface area contributed by atoms with E-state index < -0.39 is 0 Å². The highest BCUT2D eigenvalue weighted by Gasteiger charge is 2.41. The van der Waals surface area contributed by atoms with Gasteiger partial charge in [0.1, 0.15) is 5.75 Å². The molecule has 0 saturated carbocycles. The van der Waals surface area contributed by atoms with Crippen LogP contribution in [0.3, 0.4) is 0 Å². The van der Waals surface area contributed by atoms with Gasteiger partial charge in [0.2, 0.25) is 11.8 Å². The van der Waals surface area contributed by atoms with Crippen molar-refractivity contribution in [3.8, 4) is 5.75 Å². The predicted molar refractivity (Wildman–Crippen MR) is 88.4 cm³/mol. The van der Waals surface area contributed by atoms with Gasteiger partial charge in [0.15, 0.2) is 0 Å². The number of ether oxygens (including phenoxy) is 1. The molecule has 0 spiro atoms. The SMILES string of the molecule is CCOc1cncc(CN2CC(N3CC(C(=O)NC)CC3=O)C2)c1. The Morgan fingerprint density at radius 2 is 2.17 bits per heavy atom.